The summed E-state index contributed by atoms with van der Waals surface area (Å²) < 4.78 is 114. The van der Waals surface area contributed by atoms with E-state index in [1.54, 1.807) is 0 Å². The zero-order valence-corrected chi connectivity index (χ0v) is 20.1. The van der Waals surface area contributed by atoms with Crippen molar-refractivity contribution in [1.29, 1.82) is 0 Å². The summed E-state index contributed by atoms with van der Waals surface area (Å²) in [5.74, 6) is 0. The Labute approximate surface area is 184 Å². The maximum Gasteiger partial charge on any atom is 1.00 e. The van der Waals surface area contributed by atoms with Crippen LogP contribution in [0.4, 0.5) is 21.0 Å². The van der Waals surface area contributed by atoms with Gasteiger partial charge in [0.25, 0.3) is 0 Å². The van der Waals surface area contributed by atoms with Gasteiger partial charge in [-0.1, -0.05) is 0 Å². The van der Waals surface area contributed by atoms with Crippen LogP contribution in [0.2, 0.25) is 0 Å². The van der Waals surface area contributed by atoms with Crippen molar-refractivity contribution in [3.63, 3.8) is 0 Å². The van der Waals surface area contributed by atoms with Gasteiger partial charge >= 0.3 is 51.5 Å². The van der Waals surface area contributed by atoms with Crippen molar-refractivity contribution in [3.05, 3.63) is 0 Å². The van der Waals surface area contributed by atoms with Crippen LogP contribution in [0, 0.1) is 0 Å². The van der Waals surface area contributed by atoms with Crippen LogP contribution in [0.5, 0.6) is 0 Å². The summed E-state index contributed by atoms with van der Waals surface area (Å²) in [5.41, 5.74) is 0. The monoisotopic (exact) mass is 576 g/mol. The van der Waals surface area contributed by atoms with Crippen molar-refractivity contribution in [1.82, 2.24) is 0 Å². The predicted octanol–water partition coefficient (Wildman–Crippen LogP) is -4.80. The fourth-order valence-electron chi connectivity index (χ4n) is 0.615. The quantitative estimate of drug-likeness (QED) is 0.149. The first-order valence-electron chi connectivity index (χ1n) is 4.40. The molecule has 0 aromatic carbocycles. The van der Waals surface area contributed by atoms with Gasteiger partial charge in [-0.25, -0.2) is 21.7 Å². The van der Waals surface area contributed by atoms with Gasteiger partial charge in [0.15, 0.2) is 0 Å². The summed E-state index contributed by atoms with van der Waals surface area (Å²) >= 11 is 0. The molecule has 1 spiro atoms. The summed E-state index contributed by atoms with van der Waals surface area (Å²) in [6.45, 7) is 0. The number of halogens is 5. The summed E-state index contributed by atoms with van der Waals surface area (Å²) in [7, 11) is -26.2. The Morgan fingerprint density at radius 1 is 0.643 bits per heavy atom. The molecule has 2 rings (SSSR count). The third-order valence-electron chi connectivity index (χ3n) is 0.883. The second-order valence-corrected chi connectivity index (χ2v) is 8.05. The largest absolute Gasteiger partial charge is 1.00 e. The van der Waals surface area contributed by atoms with Crippen molar-refractivity contribution in [2.75, 3.05) is 0 Å². The first kappa shape index (κ1) is 37.3. The van der Waals surface area contributed by atoms with E-state index in [1.165, 1.54) is 0 Å². The van der Waals surface area contributed by atoms with Gasteiger partial charge in [-0.2, -0.15) is 18.1 Å². The van der Waals surface area contributed by atoms with Crippen LogP contribution in [-0.2, 0) is 59.5 Å². The van der Waals surface area contributed by atoms with Crippen LogP contribution >= 0.6 is 39.5 Å². The van der Waals surface area contributed by atoms with E-state index in [4.69, 9.17) is 43.1 Å². The SMILES string of the molecule is O=P([O-])([O-])F.O=P([O-])([O-])F.O=P([O-])([O-])F.O=P1(F)OC2(O1)OP(=O)(F)O2.[Na+].[V]. The van der Waals surface area contributed by atoms with Gasteiger partial charge in [0, 0.05) is 18.6 Å². The minimum Gasteiger partial charge on any atom is -0.786 e. The number of rotatable bonds is 0. The predicted molar refractivity (Wildman–Crippen MR) is 50.6 cm³/mol. The van der Waals surface area contributed by atoms with E-state index in [1.807, 2.05) is 0 Å². The number of hydrogen-bond acceptors (Lipinski definition) is 15. The molecule has 0 N–H and O–H groups in total. The van der Waals surface area contributed by atoms with Gasteiger partial charge in [-0.15, -0.1) is 8.39 Å². The molecule has 0 aromatic heterocycles. The van der Waals surface area contributed by atoms with Crippen LogP contribution in [0.1, 0.15) is 0 Å². The second kappa shape index (κ2) is 12.9. The zero-order valence-electron chi connectivity index (χ0n) is 12.2. The molecule has 0 bridgehead atoms. The van der Waals surface area contributed by atoms with Gasteiger partial charge in [-0.05, 0) is 0 Å². The first-order valence-corrected chi connectivity index (χ1v) is 11.6. The van der Waals surface area contributed by atoms with E-state index in [-0.39, 0.29) is 48.1 Å². The van der Waals surface area contributed by atoms with Gasteiger partial charge in [-0.3, -0.25) is 0 Å². The van der Waals surface area contributed by atoms with E-state index in [0.29, 0.717) is 0 Å². The van der Waals surface area contributed by atoms with Crippen LogP contribution in [-0.4, -0.2) is 6.16 Å². The first-order chi connectivity index (χ1) is 10.8. The van der Waals surface area contributed by atoms with Gasteiger partial charge in [0.05, 0.1) is 0 Å². The van der Waals surface area contributed by atoms with Crippen molar-refractivity contribution >= 4 is 39.5 Å². The molecule has 27 heteroatoms. The van der Waals surface area contributed by atoms with E-state index in [2.05, 4.69) is 18.1 Å². The normalized spacial score (nSPS) is 30.7. The Kier molecular flexibility index (Phi) is 17.2. The summed E-state index contributed by atoms with van der Waals surface area (Å²) in [5, 5.41) is 0. The molecule has 0 saturated carbocycles. The number of hydrogen-bond donors (Lipinski definition) is 0. The van der Waals surface area contributed by atoms with Crippen LogP contribution in [0.25, 0.3) is 0 Å². The zero-order chi connectivity index (χ0) is 21.8. The molecule has 2 heterocycles. The maximum absolute atomic E-state index is 11.9. The molecule has 165 valence electrons. The minimum absolute atomic E-state index is 0. The molecular weight excluding hydrogens is 576 g/mol. The average molecular weight is 576 g/mol. The molecule has 28 heavy (non-hydrogen) atoms. The smallest absolute Gasteiger partial charge is 0.786 e. The molecule has 0 atom stereocenters. The van der Waals surface area contributed by atoms with E-state index >= 15 is 0 Å². The van der Waals surface area contributed by atoms with E-state index in [9.17, 15) is 30.1 Å². The molecule has 2 aliphatic rings. The van der Waals surface area contributed by atoms with Crippen molar-refractivity contribution in [3.8, 4) is 0 Å². The molecule has 2 fully saturated rings. The van der Waals surface area contributed by atoms with E-state index < -0.39 is 45.7 Å². The summed E-state index contributed by atoms with van der Waals surface area (Å²) in [4.78, 5) is 50.6. The summed E-state index contributed by atoms with van der Waals surface area (Å²) in [6.07, 6.45) is -2.46. The van der Waals surface area contributed by atoms with Crippen molar-refractivity contribution in [2.24, 2.45) is 0 Å². The van der Waals surface area contributed by atoms with Crippen molar-refractivity contribution in [2.45, 2.75) is 6.16 Å². The topological polar surface area (TPSA) is 261 Å². The third kappa shape index (κ3) is 30.2. The van der Waals surface area contributed by atoms with Crippen LogP contribution in [0.15, 0.2) is 0 Å². The average Bonchev–Trinajstić information content (AvgIpc) is 1.99. The van der Waals surface area contributed by atoms with Crippen LogP contribution < -0.4 is 58.9 Å². The molecule has 1 radical (unpaired) electrons. The Balaban J connectivity index is -0.000000147. The maximum atomic E-state index is 11.9. The fourth-order valence-corrected chi connectivity index (χ4v) is 2.24. The molecule has 0 amide bonds. The Morgan fingerprint density at radius 2 is 0.750 bits per heavy atom. The van der Waals surface area contributed by atoms with E-state index in [0.717, 1.165) is 0 Å². The van der Waals surface area contributed by atoms with Crippen molar-refractivity contribution < 1.29 is 139 Å². The second-order valence-electron chi connectivity index (χ2n) is 3.02. The standard InChI is InChI=1S/CF2O6P2.3FH2O3P.Na.V/c2-10(4)6-1(7-10)8-11(3,5)9-1;3*1-5(2,3)4;;/h;3*(H2,2,3,4);;/q;;;;+1;/p-6. The molecule has 2 saturated heterocycles. The molecule has 0 aliphatic carbocycles. The third-order valence-corrected chi connectivity index (χ3v) is 2.65. The molecular formula is CF5NaO15P5V-5. The van der Waals surface area contributed by atoms with Gasteiger partial charge in [0.2, 0.25) is 0 Å². The molecule has 15 nitrogen and oxygen atoms in total. The minimum atomic E-state index is -5.64. The molecule has 2 aliphatic heterocycles. The molecule has 0 aromatic rings. The van der Waals surface area contributed by atoms with Gasteiger partial charge < -0.3 is 43.1 Å². The molecule has 0 unspecified atom stereocenters. The Hall–Kier alpha value is 1.98. The van der Waals surface area contributed by atoms with Gasteiger partial charge in [0.1, 0.15) is 23.7 Å². The Bertz CT molecular complexity index is 586. The summed E-state index contributed by atoms with van der Waals surface area (Å²) in [6, 6.07) is 0. The fraction of sp³-hybridized carbons (Fsp3) is 1.00. The van der Waals surface area contributed by atoms with Crippen LogP contribution in [0.3, 0.4) is 0 Å². The Morgan fingerprint density at radius 3 is 0.821 bits per heavy atom.